The third-order valence-corrected chi connectivity index (χ3v) is 5.72. The minimum atomic E-state index is 0. The first-order valence-electron chi connectivity index (χ1n) is 10.7. The van der Waals surface area contributed by atoms with Crippen LogP contribution >= 0.6 is 24.0 Å². The standard InChI is InChI=1S/C23H36N4O.HI/c1-19(2)22-6-4-21(5-7-22)18-26-12-14-27(15-13-26)23(24-3)25-11-8-20-9-16-28-17-10-20;/h4-7,9,19H,8,10-18H2,1-3H3,(H,24,25);1H. The average Bonchev–Trinajstić information content (AvgIpc) is 2.73. The van der Waals surface area contributed by atoms with Gasteiger partial charge >= 0.3 is 0 Å². The van der Waals surface area contributed by atoms with Gasteiger partial charge in [0.05, 0.1) is 13.2 Å². The Balaban J connectivity index is 0.00000300. The second-order valence-electron chi connectivity index (χ2n) is 8.07. The minimum Gasteiger partial charge on any atom is -0.377 e. The van der Waals surface area contributed by atoms with E-state index in [1.807, 2.05) is 7.05 Å². The lowest BCUT2D eigenvalue weighted by molar-refractivity contribution is 0.153. The minimum absolute atomic E-state index is 0. The number of benzene rings is 1. The van der Waals surface area contributed by atoms with Crippen LogP contribution in [0.5, 0.6) is 0 Å². The number of hydrogen-bond acceptors (Lipinski definition) is 3. The van der Waals surface area contributed by atoms with Gasteiger partial charge in [-0.1, -0.05) is 49.8 Å². The largest absolute Gasteiger partial charge is 0.377 e. The molecule has 2 aliphatic rings. The topological polar surface area (TPSA) is 40.1 Å². The van der Waals surface area contributed by atoms with Gasteiger partial charge in [0.2, 0.25) is 0 Å². The average molecular weight is 512 g/mol. The van der Waals surface area contributed by atoms with E-state index in [9.17, 15) is 0 Å². The van der Waals surface area contributed by atoms with Gasteiger partial charge in [0.25, 0.3) is 0 Å². The Labute approximate surface area is 193 Å². The summed E-state index contributed by atoms with van der Waals surface area (Å²) in [5, 5.41) is 3.54. The number of aliphatic imine (C=N–C) groups is 1. The number of ether oxygens (including phenoxy) is 1. The predicted molar refractivity (Wildman–Crippen MR) is 132 cm³/mol. The maximum absolute atomic E-state index is 5.38. The van der Waals surface area contributed by atoms with Gasteiger partial charge in [-0.2, -0.15) is 0 Å². The molecule has 0 aromatic heterocycles. The Bertz CT molecular complexity index is 664. The van der Waals surface area contributed by atoms with Crippen LogP contribution in [0.15, 0.2) is 40.9 Å². The van der Waals surface area contributed by atoms with Crippen molar-refractivity contribution in [2.24, 2.45) is 4.99 Å². The van der Waals surface area contributed by atoms with Crippen molar-refractivity contribution in [3.63, 3.8) is 0 Å². The Hall–Kier alpha value is -1.12. The summed E-state index contributed by atoms with van der Waals surface area (Å²) in [6, 6.07) is 9.12. The molecule has 1 fully saturated rings. The number of piperazine rings is 1. The lowest BCUT2D eigenvalue weighted by atomic mass is 10.0. The molecule has 2 heterocycles. The zero-order chi connectivity index (χ0) is 19.8. The number of nitrogens with zero attached hydrogens (tertiary/aromatic N) is 3. The van der Waals surface area contributed by atoms with Crippen molar-refractivity contribution in [1.29, 1.82) is 0 Å². The fourth-order valence-corrected chi connectivity index (χ4v) is 3.84. The number of halogens is 1. The first-order valence-corrected chi connectivity index (χ1v) is 10.7. The molecule has 0 spiro atoms. The monoisotopic (exact) mass is 512 g/mol. The summed E-state index contributed by atoms with van der Waals surface area (Å²) in [4.78, 5) is 9.43. The maximum atomic E-state index is 5.38. The Morgan fingerprint density at radius 2 is 1.86 bits per heavy atom. The molecule has 162 valence electrons. The van der Waals surface area contributed by atoms with E-state index >= 15 is 0 Å². The van der Waals surface area contributed by atoms with Crippen molar-refractivity contribution in [3.8, 4) is 0 Å². The maximum Gasteiger partial charge on any atom is 0.193 e. The van der Waals surface area contributed by atoms with Gasteiger partial charge in [-0.3, -0.25) is 9.89 Å². The fourth-order valence-electron chi connectivity index (χ4n) is 3.84. The molecule has 0 bridgehead atoms. The smallest absolute Gasteiger partial charge is 0.193 e. The van der Waals surface area contributed by atoms with Crippen molar-refractivity contribution >= 4 is 29.9 Å². The fraction of sp³-hybridized carbons (Fsp3) is 0.609. The van der Waals surface area contributed by atoms with Gasteiger partial charge in [-0.15, -0.1) is 24.0 Å². The van der Waals surface area contributed by atoms with Crippen molar-refractivity contribution in [2.45, 2.75) is 39.2 Å². The van der Waals surface area contributed by atoms with E-state index in [1.165, 1.54) is 16.7 Å². The van der Waals surface area contributed by atoms with Gasteiger partial charge in [-0.25, -0.2) is 0 Å². The molecule has 2 aliphatic heterocycles. The molecule has 3 rings (SSSR count). The van der Waals surface area contributed by atoms with Crippen molar-refractivity contribution < 1.29 is 4.74 Å². The lowest BCUT2D eigenvalue weighted by Crippen LogP contribution is -2.52. The third kappa shape index (κ3) is 7.57. The number of rotatable bonds is 6. The molecular weight excluding hydrogens is 475 g/mol. The normalized spacial score (nSPS) is 18.4. The number of guanidine groups is 1. The highest BCUT2D eigenvalue weighted by molar-refractivity contribution is 14.0. The van der Waals surface area contributed by atoms with E-state index in [0.717, 1.165) is 71.3 Å². The molecule has 0 atom stereocenters. The highest BCUT2D eigenvalue weighted by Gasteiger charge is 2.19. The molecule has 1 N–H and O–H groups in total. The van der Waals surface area contributed by atoms with Gasteiger partial charge in [-0.05, 0) is 29.9 Å². The molecule has 0 amide bonds. The summed E-state index contributed by atoms with van der Waals surface area (Å²) < 4.78 is 5.38. The van der Waals surface area contributed by atoms with Crippen LogP contribution in [0.2, 0.25) is 0 Å². The highest BCUT2D eigenvalue weighted by atomic mass is 127. The Kier molecular flexibility index (Phi) is 10.4. The van der Waals surface area contributed by atoms with Crippen LogP contribution in [-0.4, -0.2) is 68.7 Å². The van der Waals surface area contributed by atoms with Crippen LogP contribution in [-0.2, 0) is 11.3 Å². The summed E-state index contributed by atoms with van der Waals surface area (Å²) in [6.45, 7) is 12.3. The Morgan fingerprint density at radius 1 is 1.14 bits per heavy atom. The molecule has 0 radical (unpaired) electrons. The molecule has 5 nitrogen and oxygen atoms in total. The molecule has 1 saturated heterocycles. The zero-order valence-electron chi connectivity index (χ0n) is 18.2. The molecule has 29 heavy (non-hydrogen) atoms. The second-order valence-corrected chi connectivity index (χ2v) is 8.07. The van der Waals surface area contributed by atoms with Crippen molar-refractivity contribution in [3.05, 3.63) is 47.0 Å². The summed E-state index contributed by atoms with van der Waals surface area (Å²) in [6.07, 6.45) is 4.37. The van der Waals surface area contributed by atoms with Crippen LogP contribution in [0.1, 0.15) is 43.7 Å². The number of hydrogen-bond donors (Lipinski definition) is 1. The molecule has 0 unspecified atom stereocenters. The second kappa shape index (κ2) is 12.5. The molecular formula is C23H37IN4O. The van der Waals surface area contributed by atoms with E-state index in [4.69, 9.17) is 4.74 Å². The van der Waals surface area contributed by atoms with E-state index < -0.39 is 0 Å². The van der Waals surface area contributed by atoms with Gasteiger partial charge in [0.15, 0.2) is 5.96 Å². The molecule has 0 saturated carbocycles. The zero-order valence-corrected chi connectivity index (χ0v) is 20.5. The molecule has 1 aromatic rings. The molecule has 0 aliphatic carbocycles. The third-order valence-electron chi connectivity index (χ3n) is 5.72. The van der Waals surface area contributed by atoms with Crippen LogP contribution in [0.25, 0.3) is 0 Å². The van der Waals surface area contributed by atoms with E-state index in [2.05, 4.69) is 64.3 Å². The van der Waals surface area contributed by atoms with E-state index in [0.29, 0.717) is 5.92 Å². The Morgan fingerprint density at radius 3 is 2.45 bits per heavy atom. The first-order chi connectivity index (χ1) is 13.7. The highest BCUT2D eigenvalue weighted by Crippen LogP contribution is 2.16. The van der Waals surface area contributed by atoms with Crippen LogP contribution in [0.4, 0.5) is 0 Å². The van der Waals surface area contributed by atoms with Gasteiger partial charge in [0, 0.05) is 46.3 Å². The van der Waals surface area contributed by atoms with Crippen LogP contribution in [0, 0.1) is 0 Å². The summed E-state index contributed by atoms with van der Waals surface area (Å²) in [5.74, 6) is 1.63. The van der Waals surface area contributed by atoms with Crippen molar-refractivity contribution in [1.82, 2.24) is 15.1 Å². The number of nitrogens with one attached hydrogen (secondary N) is 1. The van der Waals surface area contributed by atoms with Gasteiger partial charge in [0.1, 0.15) is 0 Å². The lowest BCUT2D eigenvalue weighted by Gasteiger charge is -2.36. The van der Waals surface area contributed by atoms with Crippen molar-refractivity contribution in [2.75, 3.05) is 53.0 Å². The summed E-state index contributed by atoms with van der Waals surface area (Å²) in [5.41, 5.74) is 4.33. The van der Waals surface area contributed by atoms with Crippen LogP contribution < -0.4 is 5.32 Å². The first kappa shape index (κ1) is 24.2. The van der Waals surface area contributed by atoms with E-state index in [1.54, 1.807) is 0 Å². The van der Waals surface area contributed by atoms with E-state index in [-0.39, 0.29) is 24.0 Å². The SMILES string of the molecule is CN=C(NCCC1=CCOCC1)N1CCN(Cc2ccc(C(C)C)cc2)CC1.I. The predicted octanol–water partition coefficient (Wildman–Crippen LogP) is 3.86. The molecule has 1 aromatic carbocycles. The van der Waals surface area contributed by atoms with Gasteiger partial charge < -0.3 is 15.0 Å². The quantitative estimate of drug-likeness (QED) is 0.272. The molecule has 6 heteroatoms. The summed E-state index contributed by atoms with van der Waals surface area (Å²) in [7, 11) is 1.89. The summed E-state index contributed by atoms with van der Waals surface area (Å²) >= 11 is 0. The van der Waals surface area contributed by atoms with Crippen LogP contribution in [0.3, 0.4) is 0 Å².